The van der Waals surface area contributed by atoms with Crippen molar-refractivity contribution in [3.8, 4) is 11.4 Å². The molecule has 28 heavy (non-hydrogen) atoms. The number of likely N-dealkylation sites (tertiary alicyclic amines) is 1. The first-order chi connectivity index (χ1) is 13.6. The van der Waals surface area contributed by atoms with Crippen LogP contribution in [0.2, 0.25) is 0 Å². The fourth-order valence-corrected chi connectivity index (χ4v) is 3.99. The Morgan fingerprint density at radius 1 is 1.14 bits per heavy atom. The molecule has 4 rings (SSSR count). The van der Waals surface area contributed by atoms with Crippen LogP contribution in [0.4, 0.5) is 0 Å². The molecule has 5 nitrogen and oxygen atoms in total. The van der Waals surface area contributed by atoms with Crippen molar-refractivity contribution in [3.05, 3.63) is 76.0 Å². The molecule has 2 aromatic carbocycles. The molecule has 2 heterocycles. The van der Waals surface area contributed by atoms with Crippen molar-refractivity contribution < 1.29 is 9.53 Å². The van der Waals surface area contributed by atoms with Gasteiger partial charge in [0.05, 0.1) is 30.3 Å². The van der Waals surface area contributed by atoms with Crippen LogP contribution in [0, 0.1) is 6.92 Å². The number of ether oxygens (including phenoxy) is 1. The Bertz CT molecular complexity index is 980. The van der Waals surface area contributed by atoms with E-state index in [1.165, 1.54) is 5.56 Å². The van der Waals surface area contributed by atoms with Crippen LogP contribution in [0.15, 0.2) is 59.2 Å². The van der Waals surface area contributed by atoms with Crippen molar-refractivity contribution in [2.24, 2.45) is 0 Å². The van der Waals surface area contributed by atoms with Crippen molar-refractivity contribution in [1.29, 1.82) is 0 Å². The SMILES string of the molecule is COc1ccc(C2CCN(C(=O)c3cnn(-c4ccc(Br)cc4)c3C)C2)cc1. The summed E-state index contributed by atoms with van der Waals surface area (Å²) in [5.41, 5.74) is 3.72. The number of nitrogens with zero attached hydrogens (tertiary/aromatic N) is 3. The Morgan fingerprint density at radius 3 is 2.54 bits per heavy atom. The van der Waals surface area contributed by atoms with Gasteiger partial charge in [0.1, 0.15) is 5.75 Å². The predicted octanol–water partition coefficient (Wildman–Crippen LogP) is 4.58. The topological polar surface area (TPSA) is 47.4 Å². The molecule has 3 aromatic rings. The Morgan fingerprint density at radius 2 is 1.86 bits per heavy atom. The van der Waals surface area contributed by atoms with E-state index >= 15 is 0 Å². The van der Waals surface area contributed by atoms with E-state index in [1.807, 2.05) is 52.9 Å². The van der Waals surface area contributed by atoms with E-state index in [2.05, 4.69) is 33.2 Å². The van der Waals surface area contributed by atoms with E-state index in [0.717, 1.165) is 41.1 Å². The molecule has 0 spiro atoms. The zero-order chi connectivity index (χ0) is 19.7. The second kappa shape index (κ2) is 7.80. The monoisotopic (exact) mass is 439 g/mol. The third kappa shape index (κ3) is 3.56. The van der Waals surface area contributed by atoms with Crippen molar-refractivity contribution >= 4 is 21.8 Å². The molecular weight excluding hydrogens is 418 g/mol. The largest absolute Gasteiger partial charge is 0.497 e. The van der Waals surface area contributed by atoms with Gasteiger partial charge >= 0.3 is 0 Å². The van der Waals surface area contributed by atoms with Crippen molar-refractivity contribution in [1.82, 2.24) is 14.7 Å². The van der Waals surface area contributed by atoms with Crippen LogP contribution in [-0.4, -0.2) is 40.8 Å². The molecule has 0 aliphatic carbocycles. The highest BCUT2D eigenvalue weighted by Gasteiger charge is 2.29. The molecule has 144 valence electrons. The third-order valence-corrected chi connectivity index (χ3v) is 5.90. The van der Waals surface area contributed by atoms with Crippen LogP contribution in [0.25, 0.3) is 5.69 Å². The molecule has 0 N–H and O–H groups in total. The van der Waals surface area contributed by atoms with Gasteiger partial charge in [0, 0.05) is 23.5 Å². The van der Waals surface area contributed by atoms with Gasteiger partial charge in [-0.1, -0.05) is 28.1 Å². The zero-order valence-electron chi connectivity index (χ0n) is 15.9. The van der Waals surface area contributed by atoms with Crippen molar-refractivity contribution in [3.63, 3.8) is 0 Å². The minimum absolute atomic E-state index is 0.0527. The molecular formula is C22H22BrN3O2. The van der Waals surface area contributed by atoms with Crippen LogP contribution >= 0.6 is 15.9 Å². The van der Waals surface area contributed by atoms with E-state index in [0.29, 0.717) is 11.5 Å². The van der Waals surface area contributed by atoms with Crippen LogP contribution in [0.5, 0.6) is 5.75 Å². The van der Waals surface area contributed by atoms with E-state index in [9.17, 15) is 4.79 Å². The van der Waals surface area contributed by atoms with Gasteiger partial charge in [0.25, 0.3) is 5.91 Å². The highest BCUT2D eigenvalue weighted by molar-refractivity contribution is 9.10. The summed E-state index contributed by atoms with van der Waals surface area (Å²) in [5.74, 6) is 1.26. The minimum Gasteiger partial charge on any atom is -0.497 e. The van der Waals surface area contributed by atoms with Crippen LogP contribution in [0.3, 0.4) is 0 Å². The van der Waals surface area contributed by atoms with Gasteiger partial charge in [-0.2, -0.15) is 5.10 Å². The summed E-state index contributed by atoms with van der Waals surface area (Å²) in [6, 6.07) is 16.0. The van der Waals surface area contributed by atoms with Crippen molar-refractivity contribution in [2.45, 2.75) is 19.3 Å². The van der Waals surface area contributed by atoms with Gasteiger partial charge in [-0.05, 0) is 55.3 Å². The quantitative estimate of drug-likeness (QED) is 0.597. The highest BCUT2D eigenvalue weighted by atomic mass is 79.9. The maximum absolute atomic E-state index is 13.1. The minimum atomic E-state index is 0.0527. The molecule has 1 aromatic heterocycles. The first-order valence-corrected chi connectivity index (χ1v) is 10.1. The van der Waals surface area contributed by atoms with Gasteiger partial charge in [-0.3, -0.25) is 4.79 Å². The summed E-state index contributed by atoms with van der Waals surface area (Å²) in [7, 11) is 1.67. The smallest absolute Gasteiger partial charge is 0.257 e. The predicted molar refractivity (Wildman–Crippen MR) is 112 cm³/mol. The Hall–Kier alpha value is -2.60. The zero-order valence-corrected chi connectivity index (χ0v) is 17.5. The number of hydrogen-bond donors (Lipinski definition) is 0. The maximum atomic E-state index is 13.1. The number of aromatic nitrogens is 2. The van der Waals surface area contributed by atoms with E-state index < -0.39 is 0 Å². The number of methoxy groups -OCH3 is 1. The van der Waals surface area contributed by atoms with E-state index in [4.69, 9.17) is 4.74 Å². The Balaban J connectivity index is 1.50. The normalized spacial score (nSPS) is 16.4. The number of rotatable bonds is 4. The number of carbonyl (C=O) groups excluding carboxylic acids is 1. The van der Waals surface area contributed by atoms with E-state index in [1.54, 1.807) is 13.3 Å². The molecule has 0 radical (unpaired) electrons. The maximum Gasteiger partial charge on any atom is 0.257 e. The fourth-order valence-electron chi connectivity index (χ4n) is 3.73. The van der Waals surface area contributed by atoms with Crippen molar-refractivity contribution in [2.75, 3.05) is 20.2 Å². The molecule has 1 fully saturated rings. The average molecular weight is 440 g/mol. The fraction of sp³-hybridized carbons (Fsp3) is 0.273. The lowest BCUT2D eigenvalue weighted by molar-refractivity contribution is 0.0790. The molecule has 6 heteroatoms. The summed E-state index contributed by atoms with van der Waals surface area (Å²) < 4.78 is 8.06. The number of hydrogen-bond acceptors (Lipinski definition) is 3. The summed E-state index contributed by atoms with van der Waals surface area (Å²) in [6.07, 6.45) is 2.65. The first-order valence-electron chi connectivity index (χ1n) is 9.30. The molecule has 0 bridgehead atoms. The van der Waals surface area contributed by atoms with Crippen LogP contribution in [0.1, 0.15) is 34.0 Å². The molecule has 1 aliphatic heterocycles. The van der Waals surface area contributed by atoms with Gasteiger partial charge in [0.2, 0.25) is 0 Å². The summed E-state index contributed by atoms with van der Waals surface area (Å²) in [5, 5.41) is 4.44. The second-order valence-corrected chi connectivity index (χ2v) is 7.96. The van der Waals surface area contributed by atoms with Gasteiger partial charge in [0.15, 0.2) is 0 Å². The standard InChI is InChI=1S/C22H22BrN3O2/c1-15-21(13-24-26(15)19-7-5-18(23)6-8-19)22(27)25-12-11-17(14-25)16-3-9-20(28-2)10-4-16/h3-10,13,17H,11-12,14H2,1-2H3. The van der Waals surface area contributed by atoms with Crippen LogP contribution < -0.4 is 4.74 Å². The number of benzene rings is 2. The van der Waals surface area contributed by atoms with Gasteiger partial charge < -0.3 is 9.64 Å². The number of carbonyl (C=O) groups is 1. The third-order valence-electron chi connectivity index (χ3n) is 5.37. The highest BCUT2D eigenvalue weighted by Crippen LogP contribution is 2.30. The molecule has 1 saturated heterocycles. The molecule has 1 unspecified atom stereocenters. The lowest BCUT2D eigenvalue weighted by Crippen LogP contribution is -2.28. The summed E-state index contributed by atoms with van der Waals surface area (Å²) >= 11 is 3.45. The molecule has 1 atom stereocenters. The van der Waals surface area contributed by atoms with Gasteiger partial charge in [-0.25, -0.2) is 4.68 Å². The van der Waals surface area contributed by atoms with E-state index in [-0.39, 0.29) is 5.91 Å². The first kappa shape index (κ1) is 18.7. The average Bonchev–Trinajstić information content (AvgIpc) is 3.36. The number of amides is 1. The molecule has 1 amide bonds. The Kier molecular flexibility index (Phi) is 5.22. The molecule has 0 saturated carbocycles. The lowest BCUT2D eigenvalue weighted by atomic mass is 9.98. The Labute approximate surface area is 173 Å². The summed E-state index contributed by atoms with van der Waals surface area (Å²) in [6.45, 7) is 3.44. The summed E-state index contributed by atoms with van der Waals surface area (Å²) in [4.78, 5) is 15.0. The second-order valence-electron chi connectivity index (χ2n) is 7.04. The lowest BCUT2D eigenvalue weighted by Gasteiger charge is -2.17. The molecule has 1 aliphatic rings. The van der Waals surface area contributed by atoms with Gasteiger partial charge in [-0.15, -0.1) is 0 Å². The van der Waals surface area contributed by atoms with Crippen LogP contribution in [-0.2, 0) is 0 Å². The number of halogens is 1.